The highest BCUT2D eigenvalue weighted by molar-refractivity contribution is 9.10. The van der Waals surface area contributed by atoms with E-state index in [0.717, 1.165) is 0 Å². The van der Waals surface area contributed by atoms with Crippen molar-refractivity contribution in [1.82, 2.24) is 5.32 Å². The van der Waals surface area contributed by atoms with Crippen molar-refractivity contribution in [2.24, 2.45) is 5.73 Å². The van der Waals surface area contributed by atoms with Crippen LogP contribution in [0.2, 0.25) is 0 Å². The standard InChI is InChI=1S/C10H15BrN2O2/c1-6(2)13-10(3,9(12)14)7-4-5-8(11)15-7/h4-6,13H,1-3H3,(H2,12,14). The highest BCUT2D eigenvalue weighted by Crippen LogP contribution is 2.25. The molecule has 84 valence electrons. The van der Waals surface area contributed by atoms with E-state index in [1.54, 1.807) is 19.1 Å². The van der Waals surface area contributed by atoms with Crippen molar-refractivity contribution in [1.29, 1.82) is 0 Å². The number of carbonyl (C=O) groups is 1. The number of halogens is 1. The second kappa shape index (κ2) is 4.37. The number of hydrogen-bond acceptors (Lipinski definition) is 3. The Balaban J connectivity index is 3.06. The first-order valence-electron chi connectivity index (χ1n) is 4.69. The maximum atomic E-state index is 11.5. The molecule has 3 N–H and O–H groups in total. The molecule has 0 aliphatic heterocycles. The summed E-state index contributed by atoms with van der Waals surface area (Å²) in [6.45, 7) is 5.60. The highest BCUT2D eigenvalue weighted by atomic mass is 79.9. The second-order valence-corrected chi connectivity index (χ2v) is 4.67. The molecule has 5 heteroatoms. The van der Waals surface area contributed by atoms with Gasteiger partial charge in [-0.2, -0.15) is 0 Å². The molecule has 1 aromatic rings. The molecule has 0 spiro atoms. The van der Waals surface area contributed by atoms with Crippen LogP contribution < -0.4 is 11.1 Å². The van der Waals surface area contributed by atoms with E-state index < -0.39 is 11.4 Å². The predicted molar refractivity (Wildman–Crippen MR) is 61.2 cm³/mol. The number of nitrogens with one attached hydrogen (secondary N) is 1. The Labute approximate surface area is 97.3 Å². The van der Waals surface area contributed by atoms with E-state index in [4.69, 9.17) is 10.2 Å². The van der Waals surface area contributed by atoms with Crippen molar-refractivity contribution < 1.29 is 9.21 Å². The molecule has 1 rings (SSSR count). The van der Waals surface area contributed by atoms with Crippen molar-refractivity contribution in [2.45, 2.75) is 32.4 Å². The average Bonchev–Trinajstić information content (AvgIpc) is 2.50. The summed E-state index contributed by atoms with van der Waals surface area (Å²) in [5.74, 6) is 0.0497. The van der Waals surface area contributed by atoms with Crippen LogP contribution in [0.25, 0.3) is 0 Å². The normalized spacial score (nSPS) is 15.3. The van der Waals surface area contributed by atoms with Gasteiger partial charge in [0.15, 0.2) is 10.2 Å². The van der Waals surface area contributed by atoms with Crippen LogP contribution >= 0.6 is 15.9 Å². The Morgan fingerprint density at radius 1 is 1.60 bits per heavy atom. The number of rotatable bonds is 4. The van der Waals surface area contributed by atoms with Crippen LogP contribution in [0.3, 0.4) is 0 Å². The zero-order valence-corrected chi connectivity index (χ0v) is 10.6. The lowest BCUT2D eigenvalue weighted by atomic mass is 9.97. The van der Waals surface area contributed by atoms with E-state index in [2.05, 4.69) is 21.2 Å². The smallest absolute Gasteiger partial charge is 0.245 e. The van der Waals surface area contributed by atoms with Crippen molar-refractivity contribution in [3.63, 3.8) is 0 Å². The number of carbonyl (C=O) groups excluding carboxylic acids is 1. The third kappa shape index (κ3) is 2.60. The SMILES string of the molecule is CC(C)NC(C)(C(N)=O)c1ccc(Br)o1. The molecule has 1 atom stereocenters. The largest absolute Gasteiger partial charge is 0.452 e. The third-order valence-corrected chi connectivity index (χ3v) is 2.56. The van der Waals surface area contributed by atoms with Crippen LogP contribution in [0, 0.1) is 0 Å². The van der Waals surface area contributed by atoms with Gasteiger partial charge < -0.3 is 10.2 Å². The fraction of sp³-hybridized carbons (Fsp3) is 0.500. The van der Waals surface area contributed by atoms with Gasteiger partial charge in [0.25, 0.3) is 0 Å². The molecule has 0 aromatic carbocycles. The van der Waals surface area contributed by atoms with E-state index in [0.29, 0.717) is 10.4 Å². The van der Waals surface area contributed by atoms with E-state index >= 15 is 0 Å². The van der Waals surface area contributed by atoms with Gasteiger partial charge in [-0.1, -0.05) is 0 Å². The summed E-state index contributed by atoms with van der Waals surface area (Å²) in [6, 6.07) is 3.59. The fourth-order valence-corrected chi connectivity index (χ4v) is 1.73. The maximum Gasteiger partial charge on any atom is 0.245 e. The molecule has 0 aliphatic rings. The van der Waals surface area contributed by atoms with E-state index in [-0.39, 0.29) is 6.04 Å². The van der Waals surface area contributed by atoms with Crippen LogP contribution in [-0.4, -0.2) is 11.9 Å². The highest BCUT2D eigenvalue weighted by Gasteiger charge is 2.36. The Kier molecular flexibility index (Phi) is 3.57. The quantitative estimate of drug-likeness (QED) is 0.879. The molecular formula is C10H15BrN2O2. The molecule has 1 unspecified atom stereocenters. The van der Waals surface area contributed by atoms with Gasteiger partial charge in [-0.05, 0) is 48.8 Å². The Morgan fingerprint density at radius 2 is 2.20 bits per heavy atom. The van der Waals surface area contributed by atoms with Gasteiger partial charge in [0.2, 0.25) is 5.91 Å². The van der Waals surface area contributed by atoms with Gasteiger partial charge in [0.05, 0.1) is 0 Å². The molecule has 0 aliphatic carbocycles. The van der Waals surface area contributed by atoms with Crippen LogP contribution in [0.4, 0.5) is 0 Å². The summed E-state index contributed by atoms with van der Waals surface area (Å²) in [7, 11) is 0. The minimum absolute atomic E-state index is 0.131. The number of amides is 1. The van der Waals surface area contributed by atoms with Crippen LogP contribution in [0.1, 0.15) is 26.5 Å². The average molecular weight is 275 g/mol. The molecule has 0 fully saturated rings. The van der Waals surface area contributed by atoms with Crippen molar-refractivity contribution in [3.05, 3.63) is 22.6 Å². The van der Waals surface area contributed by atoms with E-state index in [1.165, 1.54) is 0 Å². The molecule has 15 heavy (non-hydrogen) atoms. The second-order valence-electron chi connectivity index (χ2n) is 3.89. The molecule has 1 aromatic heterocycles. The summed E-state index contributed by atoms with van der Waals surface area (Å²) >= 11 is 3.19. The summed E-state index contributed by atoms with van der Waals surface area (Å²) in [5.41, 5.74) is 4.41. The Morgan fingerprint density at radius 3 is 2.53 bits per heavy atom. The summed E-state index contributed by atoms with van der Waals surface area (Å²) in [4.78, 5) is 11.5. The Bertz CT molecular complexity index is 362. The summed E-state index contributed by atoms with van der Waals surface area (Å²) in [6.07, 6.45) is 0. The molecule has 1 heterocycles. The van der Waals surface area contributed by atoms with Gasteiger partial charge in [0.1, 0.15) is 5.76 Å². The lowest BCUT2D eigenvalue weighted by Crippen LogP contribution is -2.52. The zero-order chi connectivity index (χ0) is 11.6. The minimum Gasteiger partial charge on any atom is -0.452 e. The van der Waals surface area contributed by atoms with Crippen molar-refractivity contribution in [2.75, 3.05) is 0 Å². The van der Waals surface area contributed by atoms with Gasteiger partial charge in [-0.25, -0.2) is 0 Å². The van der Waals surface area contributed by atoms with Crippen molar-refractivity contribution in [3.8, 4) is 0 Å². The van der Waals surface area contributed by atoms with Crippen LogP contribution in [-0.2, 0) is 10.3 Å². The van der Waals surface area contributed by atoms with Crippen molar-refractivity contribution >= 4 is 21.8 Å². The lowest BCUT2D eigenvalue weighted by molar-refractivity contribution is -0.125. The molecule has 0 radical (unpaired) electrons. The first kappa shape index (κ1) is 12.3. The first-order chi connectivity index (χ1) is 6.86. The number of hydrogen-bond donors (Lipinski definition) is 2. The van der Waals surface area contributed by atoms with E-state index in [9.17, 15) is 4.79 Å². The molecular weight excluding hydrogens is 260 g/mol. The third-order valence-electron chi connectivity index (χ3n) is 2.14. The monoisotopic (exact) mass is 274 g/mol. The molecule has 0 bridgehead atoms. The van der Waals surface area contributed by atoms with Gasteiger partial charge in [0, 0.05) is 6.04 Å². The molecule has 0 saturated carbocycles. The summed E-state index contributed by atoms with van der Waals surface area (Å²) in [5, 5.41) is 3.10. The van der Waals surface area contributed by atoms with Gasteiger partial charge in [-0.15, -0.1) is 0 Å². The van der Waals surface area contributed by atoms with Gasteiger partial charge in [-0.3, -0.25) is 10.1 Å². The minimum atomic E-state index is -0.972. The molecule has 4 nitrogen and oxygen atoms in total. The van der Waals surface area contributed by atoms with E-state index in [1.807, 2.05) is 13.8 Å². The zero-order valence-electron chi connectivity index (χ0n) is 9.00. The number of primary amides is 1. The fourth-order valence-electron chi connectivity index (χ4n) is 1.42. The first-order valence-corrected chi connectivity index (χ1v) is 5.49. The topological polar surface area (TPSA) is 68.3 Å². The lowest BCUT2D eigenvalue weighted by Gasteiger charge is -2.27. The molecule has 0 saturated heterocycles. The molecule has 1 amide bonds. The summed E-state index contributed by atoms with van der Waals surface area (Å²) < 4.78 is 5.94. The number of nitrogens with two attached hydrogens (primary N) is 1. The predicted octanol–water partition coefficient (Wildman–Crippen LogP) is 1.74. The van der Waals surface area contributed by atoms with Crippen LogP contribution in [0.15, 0.2) is 21.2 Å². The Hall–Kier alpha value is -0.810. The maximum absolute atomic E-state index is 11.5. The van der Waals surface area contributed by atoms with Gasteiger partial charge >= 0.3 is 0 Å². The van der Waals surface area contributed by atoms with Crippen LogP contribution in [0.5, 0.6) is 0 Å². The number of furan rings is 1.